The van der Waals surface area contributed by atoms with Crippen molar-refractivity contribution in [3.63, 3.8) is 0 Å². The lowest BCUT2D eigenvalue weighted by atomic mass is 9.72. The first-order valence-corrected chi connectivity index (χ1v) is 8.30. The lowest BCUT2D eigenvalue weighted by Crippen LogP contribution is -2.62. The third kappa shape index (κ3) is 2.09. The van der Waals surface area contributed by atoms with Crippen molar-refractivity contribution in [2.75, 3.05) is 5.75 Å². The van der Waals surface area contributed by atoms with E-state index in [9.17, 15) is 14.7 Å². The number of carboxylic acid groups (broad SMARTS) is 1. The van der Waals surface area contributed by atoms with Crippen LogP contribution in [0, 0.1) is 5.92 Å². The van der Waals surface area contributed by atoms with Crippen LogP contribution < -0.4 is 10.3 Å². The molecule has 23 heavy (non-hydrogen) atoms. The molecule has 0 saturated heterocycles. The minimum Gasteiger partial charge on any atom is -0.478 e. The van der Waals surface area contributed by atoms with E-state index >= 15 is 0 Å². The Hall–Kier alpha value is -2.19. The van der Waals surface area contributed by atoms with Gasteiger partial charge in [-0.05, 0) is 11.6 Å². The summed E-state index contributed by atoms with van der Waals surface area (Å²) < 4.78 is 3.67. The molecule has 3 atom stereocenters. The fourth-order valence-corrected chi connectivity index (χ4v) is 4.76. The monoisotopic (exact) mass is 331 g/mol. The molecule has 2 aliphatic rings. The number of hydrogen-bond acceptors (Lipinski definition) is 5. The number of ketones is 1. The van der Waals surface area contributed by atoms with Gasteiger partial charge in [-0.2, -0.15) is 11.8 Å². The van der Waals surface area contributed by atoms with E-state index in [0.717, 1.165) is 11.2 Å². The summed E-state index contributed by atoms with van der Waals surface area (Å²) in [4.78, 5) is 23.7. The van der Waals surface area contributed by atoms with Crippen molar-refractivity contribution in [1.29, 1.82) is 0 Å². The van der Waals surface area contributed by atoms with E-state index in [2.05, 4.69) is 5.10 Å². The average molecular weight is 331 g/mol. The molecule has 0 aromatic carbocycles. The highest BCUT2D eigenvalue weighted by Crippen LogP contribution is 2.44. The summed E-state index contributed by atoms with van der Waals surface area (Å²) in [5.41, 5.74) is 7.66. The number of nitrogens with two attached hydrogens (primary N) is 1. The number of aromatic nitrogens is 3. The Morgan fingerprint density at radius 3 is 3.17 bits per heavy atom. The van der Waals surface area contributed by atoms with E-state index in [1.807, 2.05) is 29.1 Å². The van der Waals surface area contributed by atoms with Crippen LogP contribution >= 0.6 is 11.8 Å². The smallest absolute Gasteiger partial charge is 0.332 e. The zero-order valence-corrected chi connectivity index (χ0v) is 12.9. The zero-order chi connectivity index (χ0) is 16.1. The molecule has 8 heteroatoms. The normalized spacial score (nSPS) is 27.0. The van der Waals surface area contributed by atoms with Gasteiger partial charge in [-0.1, -0.05) is 5.10 Å². The number of nitrogens with zero attached hydrogens (tertiary/aromatic N) is 3. The molecule has 1 aliphatic carbocycles. The number of hydrogen-bond donors (Lipinski definition) is 2. The van der Waals surface area contributed by atoms with Crippen LogP contribution in [0.4, 0.5) is 0 Å². The Morgan fingerprint density at radius 1 is 1.57 bits per heavy atom. The molecule has 1 saturated carbocycles. The molecular formula is C15H15N4O3S+. The molecular weight excluding hydrogens is 316 g/mol. The second-order valence-corrected chi connectivity index (χ2v) is 6.92. The van der Waals surface area contributed by atoms with Crippen molar-refractivity contribution in [3.05, 3.63) is 41.9 Å². The molecule has 4 rings (SSSR count). The van der Waals surface area contributed by atoms with E-state index in [4.69, 9.17) is 5.73 Å². The molecule has 1 aliphatic heterocycles. The first-order chi connectivity index (χ1) is 11.1. The third-order valence-corrected chi connectivity index (χ3v) is 5.96. The minimum atomic E-state index is -1.02. The van der Waals surface area contributed by atoms with Crippen molar-refractivity contribution < 1.29 is 19.3 Å². The Balaban J connectivity index is 1.74. The second-order valence-electron chi connectivity index (χ2n) is 5.76. The molecule has 2 aromatic rings. The molecule has 2 aromatic heterocycles. The van der Waals surface area contributed by atoms with E-state index < -0.39 is 17.9 Å². The number of Topliss-reactive ketones (excluding diaryl/α,β-unsaturated/α-hetero) is 1. The Morgan fingerprint density at radius 2 is 2.39 bits per heavy atom. The Bertz CT molecular complexity index is 859. The maximum absolute atomic E-state index is 12.0. The van der Waals surface area contributed by atoms with Gasteiger partial charge in [0.15, 0.2) is 12.0 Å². The van der Waals surface area contributed by atoms with Gasteiger partial charge in [-0.15, -0.1) is 4.52 Å². The third-order valence-electron chi connectivity index (χ3n) is 4.49. The number of carbonyl (C=O) groups is 2. The predicted molar refractivity (Wildman–Crippen MR) is 82.8 cm³/mol. The second kappa shape index (κ2) is 5.17. The summed E-state index contributed by atoms with van der Waals surface area (Å²) >= 11 is 1.58. The van der Waals surface area contributed by atoms with Crippen LogP contribution in [-0.4, -0.2) is 43.5 Å². The highest BCUT2D eigenvalue weighted by atomic mass is 32.2. The van der Waals surface area contributed by atoms with Crippen LogP contribution in [-0.2, 0) is 16.1 Å². The lowest BCUT2D eigenvalue weighted by molar-refractivity contribution is -0.662. The summed E-state index contributed by atoms with van der Waals surface area (Å²) in [6.07, 6.45) is 5.37. The maximum Gasteiger partial charge on any atom is 0.332 e. The molecule has 3 N–H and O–H groups in total. The van der Waals surface area contributed by atoms with Crippen LogP contribution in [0.15, 0.2) is 41.9 Å². The number of imidazole rings is 1. The first kappa shape index (κ1) is 14.4. The van der Waals surface area contributed by atoms with Crippen molar-refractivity contribution in [2.45, 2.75) is 17.8 Å². The van der Waals surface area contributed by atoms with Gasteiger partial charge in [0.2, 0.25) is 0 Å². The number of rotatable bonds is 3. The number of aliphatic carboxylic acids is 1. The summed E-state index contributed by atoms with van der Waals surface area (Å²) in [7, 11) is 0. The van der Waals surface area contributed by atoms with E-state index in [1.54, 1.807) is 22.5 Å². The lowest BCUT2D eigenvalue weighted by Gasteiger charge is -2.44. The van der Waals surface area contributed by atoms with Gasteiger partial charge in [0, 0.05) is 17.1 Å². The molecule has 3 heterocycles. The fourth-order valence-electron chi connectivity index (χ4n) is 3.31. The van der Waals surface area contributed by atoms with Crippen LogP contribution in [0.2, 0.25) is 0 Å². The number of thioether (sulfide) groups is 1. The summed E-state index contributed by atoms with van der Waals surface area (Å²) in [5, 5.41) is 13.7. The molecule has 0 bridgehead atoms. The van der Waals surface area contributed by atoms with E-state index in [0.29, 0.717) is 12.3 Å². The average Bonchev–Trinajstić information content (AvgIpc) is 2.96. The van der Waals surface area contributed by atoms with Gasteiger partial charge in [0.1, 0.15) is 12.7 Å². The standard InChI is InChI=1S/C15H14N4O3S/c16-12-13(20)11-10(15(21)22)8(7-23-14(11)12)6-18-4-5-19-9(18)2-1-3-17-19/h1-5,11-12,14H,6-7,16H2/p+1/t11-,12-,14+/m1/s1. The van der Waals surface area contributed by atoms with Crippen LogP contribution in [0.5, 0.6) is 0 Å². The molecule has 0 amide bonds. The summed E-state index contributed by atoms with van der Waals surface area (Å²) in [6, 6.07) is 3.21. The van der Waals surface area contributed by atoms with Crippen molar-refractivity contribution in [3.8, 4) is 0 Å². The van der Waals surface area contributed by atoms with Crippen LogP contribution in [0.3, 0.4) is 0 Å². The van der Waals surface area contributed by atoms with Gasteiger partial charge >= 0.3 is 11.6 Å². The molecule has 118 valence electrons. The fraction of sp³-hybridized carbons (Fsp3) is 0.333. The first-order valence-electron chi connectivity index (χ1n) is 7.26. The molecule has 0 unspecified atom stereocenters. The highest BCUT2D eigenvalue weighted by molar-refractivity contribution is 8.00. The van der Waals surface area contributed by atoms with Crippen LogP contribution in [0.1, 0.15) is 0 Å². The predicted octanol–water partition coefficient (Wildman–Crippen LogP) is -0.355. The number of fused-ring (bicyclic) bond motifs is 2. The SMILES string of the molecule is N[C@@H]1C(=O)[C@H]2C(C(=O)O)=C(C[n+]3ccn4ncccc43)CS[C@@H]21. The maximum atomic E-state index is 12.0. The van der Waals surface area contributed by atoms with Crippen molar-refractivity contribution >= 4 is 29.2 Å². The zero-order valence-electron chi connectivity index (χ0n) is 12.1. The number of carbonyl (C=O) groups excluding carboxylic acids is 1. The van der Waals surface area contributed by atoms with Crippen molar-refractivity contribution in [2.24, 2.45) is 11.7 Å². The summed E-state index contributed by atoms with van der Waals surface area (Å²) in [5.74, 6) is -1.17. The summed E-state index contributed by atoms with van der Waals surface area (Å²) in [6.45, 7) is 0.433. The molecule has 7 nitrogen and oxygen atoms in total. The highest BCUT2D eigenvalue weighted by Gasteiger charge is 2.54. The van der Waals surface area contributed by atoms with Gasteiger partial charge in [-0.3, -0.25) is 4.79 Å². The van der Waals surface area contributed by atoms with E-state index in [1.165, 1.54) is 0 Å². The molecule has 1 fully saturated rings. The van der Waals surface area contributed by atoms with Crippen molar-refractivity contribution in [1.82, 2.24) is 9.61 Å². The van der Waals surface area contributed by atoms with Gasteiger partial charge < -0.3 is 10.8 Å². The number of carboxylic acids is 1. The Kier molecular flexibility index (Phi) is 3.24. The van der Waals surface area contributed by atoms with E-state index in [-0.39, 0.29) is 16.6 Å². The quantitative estimate of drug-likeness (QED) is 0.745. The van der Waals surface area contributed by atoms with Gasteiger partial charge in [0.05, 0.1) is 23.7 Å². The molecule has 0 spiro atoms. The van der Waals surface area contributed by atoms with Gasteiger partial charge in [-0.25, -0.2) is 9.36 Å². The largest absolute Gasteiger partial charge is 0.478 e. The van der Waals surface area contributed by atoms with Gasteiger partial charge in [0.25, 0.3) is 0 Å². The Labute approximate surface area is 135 Å². The van der Waals surface area contributed by atoms with Crippen LogP contribution in [0.25, 0.3) is 5.65 Å². The molecule has 0 radical (unpaired) electrons. The minimum absolute atomic E-state index is 0.102. The topological polar surface area (TPSA) is 102 Å².